The van der Waals surface area contributed by atoms with E-state index in [4.69, 9.17) is 14.2 Å². The Labute approximate surface area is 139 Å². The SMILES string of the molecule is CC1=C2[C@@H](C[C@@]34[C@H]5C[C@@H](C(C)(C)C)[C@@H]3C(=O)O[C@@]24C(=O)O5)OC1=O. The zero-order valence-electron chi connectivity index (χ0n) is 14.2. The molecule has 0 bridgehead atoms. The van der Waals surface area contributed by atoms with Gasteiger partial charge >= 0.3 is 17.9 Å². The molecule has 5 rings (SSSR count). The number of hydrogen-bond acceptors (Lipinski definition) is 6. The summed E-state index contributed by atoms with van der Waals surface area (Å²) in [6, 6.07) is 0. The van der Waals surface area contributed by atoms with Gasteiger partial charge in [-0.1, -0.05) is 20.8 Å². The van der Waals surface area contributed by atoms with Gasteiger partial charge in [0.2, 0.25) is 5.60 Å². The predicted octanol–water partition coefficient (Wildman–Crippen LogP) is 1.52. The molecule has 128 valence electrons. The van der Waals surface area contributed by atoms with Gasteiger partial charge in [-0.25, -0.2) is 9.59 Å². The first-order valence-corrected chi connectivity index (χ1v) is 8.51. The van der Waals surface area contributed by atoms with E-state index in [2.05, 4.69) is 20.8 Å². The predicted molar refractivity (Wildman–Crippen MR) is 79.4 cm³/mol. The number of carbonyl (C=O) groups is 3. The molecule has 3 aliphatic heterocycles. The number of rotatable bonds is 0. The summed E-state index contributed by atoms with van der Waals surface area (Å²) in [4.78, 5) is 37.7. The summed E-state index contributed by atoms with van der Waals surface area (Å²) in [6.07, 6.45) is 0.270. The average molecular weight is 332 g/mol. The lowest BCUT2D eigenvalue weighted by molar-refractivity contribution is -0.165. The van der Waals surface area contributed by atoms with Crippen molar-refractivity contribution in [2.24, 2.45) is 22.7 Å². The second-order valence-corrected chi connectivity index (χ2v) is 8.86. The third-order valence-electron chi connectivity index (χ3n) is 7.00. The molecule has 2 saturated heterocycles. The Hall–Kier alpha value is -1.85. The summed E-state index contributed by atoms with van der Waals surface area (Å²) in [5.74, 6) is -1.60. The largest absolute Gasteiger partial charge is 0.458 e. The van der Waals surface area contributed by atoms with E-state index in [9.17, 15) is 14.4 Å². The van der Waals surface area contributed by atoms with E-state index in [0.29, 0.717) is 24.0 Å². The molecule has 0 aromatic carbocycles. The molecule has 4 fully saturated rings. The minimum atomic E-state index is -1.44. The van der Waals surface area contributed by atoms with E-state index in [1.165, 1.54) is 0 Å². The summed E-state index contributed by atoms with van der Waals surface area (Å²) < 4.78 is 17.0. The number of ether oxygens (including phenoxy) is 3. The standard InChI is InChI=1S/C18H20O6/c1-7-11-9(22-13(7)19)6-17-10-5-8(16(2,3)4)12(17)14(20)24-18(11,17)15(21)23-10/h8-10,12H,5-6H2,1-4H3/t8-,9-,10-,12-,17-,18-/m1/s1. The number of hydrogen-bond donors (Lipinski definition) is 0. The van der Waals surface area contributed by atoms with Crippen molar-refractivity contribution in [2.45, 2.75) is 58.3 Å². The van der Waals surface area contributed by atoms with Crippen molar-refractivity contribution in [3.63, 3.8) is 0 Å². The van der Waals surface area contributed by atoms with Gasteiger partial charge in [-0.2, -0.15) is 0 Å². The zero-order valence-corrected chi connectivity index (χ0v) is 14.2. The Bertz CT molecular complexity index is 758. The van der Waals surface area contributed by atoms with E-state index < -0.39 is 35.0 Å². The molecular weight excluding hydrogens is 312 g/mol. The van der Waals surface area contributed by atoms with Gasteiger partial charge in [-0.05, 0) is 24.7 Å². The molecule has 6 heteroatoms. The van der Waals surface area contributed by atoms with Crippen LogP contribution in [0.25, 0.3) is 0 Å². The zero-order chi connectivity index (χ0) is 17.2. The van der Waals surface area contributed by atoms with Crippen molar-refractivity contribution in [3.05, 3.63) is 11.1 Å². The highest BCUT2D eigenvalue weighted by molar-refractivity contribution is 6.03. The van der Waals surface area contributed by atoms with Crippen LogP contribution in [0.3, 0.4) is 0 Å². The van der Waals surface area contributed by atoms with Crippen LogP contribution in [0.1, 0.15) is 40.5 Å². The number of esters is 3. The van der Waals surface area contributed by atoms with E-state index in [-0.39, 0.29) is 23.4 Å². The van der Waals surface area contributed by atoms with Gasteiger partial charge < -0.3 is 14.2 Å². The second kappa shape index (κ2) is 3.70. The molecule has 2 aliphatic carbocycles. The summed E-state index contributed by atoms with van der Waals surface area (Å²) in [7, 11) is 0. The third kappa shape index (κ3) is 1.18. The minimum Gasteiger partial charge on any atom is -0.458 e. The van der Waals surface area contributed by atoms with Crippen molar-refractivity contribution in [2.75, 3.05) is 0 Å². The van der Waals surface area contributed by atoms with E-state index in [1.54, 1.807) is 6.92 Å². The van der Waals surface area contributed by atoms with Crippen molar-refractivity contribution in [1.82, 2.24) is 0 Å². The van der Waals surface area contributed by atoms with Crippen molar-refractivity contribution < 1.29 is 28.6 Å². The summed E-state index contributed by atoms with van der Waals surface area (Å²) in [5.41, 5.74) is -1.35. The lowest BCUT2D eigenvalue weighted by Gasteiger charge is -2.33. The van der Waals surface area contributed by atoms with Gasteiger partial charge in [0.05, 0.1) is 11.3 Å². The fraction of sp³-hybridized carbons (Fsp3) is 0.722. The summed E-state index contributed by atoms with van der Waals surface area (Å²) >= 11 is 0. The van der Waals surface area contributed by atoms with Gasteiger partial charge in [0.15, 0.2) is 0 Å². The topological polar surface area (TPSA) is 78.9 Å². The van der Waals surface area contributed by atoms with Crippen molar-refractivity contribution in [3.8, 4) is 0 Å². The Morgan fingerprint density at radius 1 is 1.12 bits per heavy atom. The molecule has 0 aromatic rings. The monoisotopic (exact) mass is 332 g/mol. The van der Waals surface area contributed by atoms with Gasteiger partial charge in [0.25, 0.3) is 0 Å². The molecule has 0 radical (unpaired) electrons. The molecule has 0 unspecified atom stereocenters. The number of carbonyl (C=O) groups excluding carboxylic acids is 3. The van der Waals surface area contributed by atoms with Crippen LogP contribution in [-0.4, -0.2) is 35.7 Å². The average Bonchev–Trinajstić information content (AvgIpc) is 3.12. The fourth-order valence-corrected chi connectivity index (χ4v) is 6.10. The first-order chi connectivity index (χ1) is 11.1. The van der Waals surface area contributed by atoms with Crippen LogP contribution in [0, 0.1) is 22.7 Å². The van der Waals surface area contributed by atoms with Crippen LogP contribution in [0.4, 0.5) is 0 Å². The van der Waals surface area contributed by atoms with Crippen LogP contribution in [-0.2, 0) is 28.6 Å². The highest BCUT2D eigenvalue weighted by Crippen LogP contribution is 2.75. The molecule has 3 heterocycles. The Morgan fingerprint density at radius 3 is 2.50 bits per heavy atom. The minimum absolute atomic E-state index is 0.0698. The summed E-state index contributed by atoms with van der Waals surface area (Å²) in [6.45, 7) is 7.95. The van der Waals surface area contributed by atoms with Crippen LogP contribution in [0.2, 0.25) is 0 Å². The molecule has 6 atom stereocenters. The molecule has 24 heavy (non-hydrogen) atoms. The Morgan fingerprint density at radius 2 is 1.83 bits per heavy atom. The highest BCUT2D eigenvalue weighted by atomic mass is 16.6. The van der Waals surface area contributed by atoms with Gasteiger partial charge in [-0.3, -0.25) is 4.79 Å². The Kier molecular flexibility index (Phi) is 2.24. The van der Waals surface area contributed by atoms with E-state index in [1.807, 2.05) is 0 Å². The maximum Gasteiger partial charge on any atom is 0.356 e. The van der Waals surface area contributed by atoms with E-state index in [0.717, 1.165) is 0 Å². The molecule has 5 aliphatic rings. The molecule has 0 N–H and O–H groups in total. The highest BCUT2D eigenvalue weighted by Gasteiger charge is 2.89. The number of fused-ring (bicyclic) bond motifs is 1. The lowest BCUT2D eigenvalue weighted by atomic mass is 9.64. The van der Waals surface area contributed by atoms with Crippen LogP contribution >= 0.6 is 0 Å². The summed E-state index contributed by atoms with van der Waals surface area (Å²) in [5, 5.41) is 0. The maximum atomic E-state index is 12.8. The van der Waals surface area contributed by atoms with Gasteiger partial charge in [-0.15, -0.1) is 0 Å². The third-order valence-corrected chi connectivity index (χ3v) is 7.00. The van der Waals surface area contributed by atoms with Crippen LogP contribution in [0.5, 0.6) is 0 Å². The second-order valence-electron chi connectivity index (χ2n) is 8.86. The van der Waals surface area contributed by atoms with Crippen LogP contribution < -0.4 is 0 Å². The lowest BCUT2D eigenvalue weighted by Crippen LogP contribution is -2.47. The maximum absolute atomic E-state index is 12.8. The molecule has 2 saturated carbocycles. The first kappa shape index (κ1) is 14.5. The molecule has 1 spiro atoms. The Balaban J connectivity index is 1.78. The smallest absolute Gasteiger partial charge is 0.356 e. The van der Waals surface area contributed by atoms with Gasteiger partial charge in [0.1, 0.15) is 12.2 Å². The van der Waals surface area contributed by atoms with Gasteiger partial charge in [0, 0.05) is 17.6 Å². The quantitative estimate of drug-likeness (QED) is 0.494. The normalized spacial score (nSPS) is 48.2. The molecule has 6 nitrogen and oxygen atoms in total. The van der Waals surface area contributed by atoms with E-state index >= 15 is 0 Å². The van der Waals surface area contributed by atoms with Crippen molar-refractivity contribution >= 4 is 17.9 Å². The molecular formula is C18H20O6. The molecule has 0 aromatic heterocycles. The molecule has 0 amide bonds. The van der Waals surface area contributed by atoms with Crippen LogP contribution in [0.15, 0.2) is 11.1 Å². The fourth-order valence-electron chi connectivity index (χ4n) is 6.10. The first-order valence-electron chi connectivity index (χ1n) is 8.51. The van der Waals surface area contributed by atoms with Crippen molar-refractivity contribution in [1.29, 1.82) is 0 Å².